The fraction of sp³-hybridized carbons (Fsp3) is 0.433. The van der Waals surface area contributed by atoms with Crippen molar-refractivity contribution in [2.24, 2.45) is 16.3 Å². The van der Waals surface area contributed by atoms with Crippen molar-refractivity contribution in [1.82, 2.24) is 0 Å². The molecule has 0 N–H and O–H groups in total. The topological polar surface area (TPSA) is 62.4 Å². The van der Waals surface area contributed by atoms with Gasteiger partial charge in [0.2, 0.25) is 0 Å². The molecule has 0 aromatic heterocycles. The maximum atomic E-state index is 13.7. The molecule has 2 atom stereocenters. The third-order valence-electron chi connectivity index (χ3n) is 5.71. The van der Waals surface area contributed by atoms with Crippen LogP contribution in [0.2, 0.25) is 0 Å². The van der Waals surface area contributed by atoms with E-state index in [-0.39, 0.29) is 5.41 Å². The Labute approximate surface area is 204 Å². The monoisotopic (exact) mass is 456 g/mol. The van der Waals surface area contributed by atoms with Crippen molar-refractivity contribution in [2.75, 3.05) is 0 Å². The first-order chi connectivity index (χ1) is 15.9. The second-order valence-electron chi connectivity index (χ2n) is 11.4. The van der Waals surface area contributed by atoms with Gasteiger partial charge in [-0.05, 0) is 50.7 Å². The summed E-state index contributed by atoms with van der Waals surface area (Å²) in [6, 6.07) is 20.6. The van der Waals surface area contributed by atoms with Gasteiger partial charge < -0.3 is 4.74 Å². The van der Waals surface area contributed by atoms with Crippen LogP contribution in [0.3, 0.4) is 0 Å². The van der Waals surface area contributed by atoms with E-state index in [1.807, 2.05) is 82.3 Å². The highest BCUT2D eigenvalue weighted by Gasteiger charge is 2.41. The number of benzene rings is 2. The Morgan fingerprint density at radius 3 is 2.15 bits per heavy atom. The molecule has 0 aliphatic carbocycles. The zero-order valence-corrected chi connectivity index (χ0v) is 21.5. The number of allylic oxidation sites excluding steroid dienone is 1. The van der Waals surface area contributed by atoms with Crippen LogP contribution in [0.15, 0.2) is 70.9 Å². The number of nitriles is 1. The molecule has 0 saturated carbocycles. The molecule has 0 radical (unpaired) electrons. The average Bonchev–Trinajstić information content (AvgIpc) is 2.72. The molecule has 4 heteroatoms. The fourth-order valence-electron chi connectivity index (χ4n) is 4.32. The molecule has 0 fully saturated rings. The first-order valence-electron chi connectivity index (χ1n) is 11.9. The van der Waals surface area contributed by atoms with Gasteiger partial charge in [0.05, 0.1) is 23.3 Å². The smallest absolute Gasteiger partial charge is 0.337 e. The van der Waals surface area contributed by atoms with E-state index in [0.29, 0.717) is 24.1 Å². The van der Waals surface area contributed by atoms with Crippen molar-refractivity contribution < 1.29 is 9.53 Å². The van der Waals surface area contributed by atoms with E-state index in [1.54, 1.807) is 0 Å². The number of hydrogen-bond acceptors (Lipinski definition) is 4. The maximum absolute atomic E-state index is 13.7. The molecule has 0 bridgehead atoms. The molecule has 1 heterocycles. The van der Waals surface area contributed by atoms with Crippen LogP contribution in [-0.2, 0) is 16.0 Å². The number of hydrogen-bond donors (Lipinski definition) is 0. The molecule has 1 aliphatic heterocycles. The number of ether oxygens (including phenoxy) is 1. The summed E-state index contributed by atoms with van der Waals surface area (Å²) >= 11 is 0. The van der Waals surface area contributed by atoms with E-state index in [1.165, 1.54) is 0 Å². The largest absolute Gasteiger partial charge is 0.457 e. The van der Waals surface area contributed by atoms with Crippen LogP contribution in [0, 0.1) is 29.6 Å². The summed E-state index contributed by atoms with van der Waals surface area (Å²) < 4.78 is 5.87. The first kappa shape index (κ1) is 25.4. The van der Waals surface area contributed by atoms with Crippen molar-refractivity contribution in [3.63, 3.8) is 0 Å². The summed E-state index contributed by atoms with van der Waals surface area (Å²) in [5.74, 6) is -1.37. The number of aryl methyl sites for hydroxylation is 1. The minimum atomic E-state index is -0.655. The van der Waals surface area contributed by atoms with Gasteiger partial charge in [-0.1, -0.05) is 80.9 Å². The first-order valence-corrected chi connectivity index (χ1v) is 11.9. The Morgan fingerprint density at radius 1 is 1.00 bits per heavy atom. The van der Waals surface area contributed by atoms with Gasteiger partial charge in [-0.25, -0.2) is 4.79 Å². The fourth-order valence-corrected chi connectivity index (χ4v) is 4.32. The van der Waals surface area contributed by atoms with Crippen molar-refractivity contribution >= 4 is 11.7 Å². The van der Waals surface area contributed by atoms with Gasteiger partial charge >= 0.3 is 5.97 Å². The number of rotatable bonds is 5. The molecule has 2 unspecified atom stereocenters. The molecule has 0 amide bonds. The van der Waals surface area contributed by atoms with Gasteiger partial charge in [-0.3, -0.25) is 4.99 Å². The minimum Gasteiger partial charge on any atom is -0.457 e. The van der Waals surface area contributed by atoms with Gasteiger partial charge in [-0.15, -0.1) is 0 Å². The predicted octanol–water partition coefficient (Wildman–Crippen LogP) is 6.95. The molecule has 34 heavy (non-hydrogen) atoms. The Hall–Kier alpha value is -3.19. The van der Waals surface area contributed by atoms with Crippen molar-refractivity contribution in [3.05, 3.63) is 82.6 Å². The van der Waals surface area contributed by atoms with Crippen LogP contribution < -0.4 is 0 Å². The molecule has 1 aliphatic rings. The Balaban J connectivity index is 2.26. The molecule has 3 rings (SSSR count). The molecular formula is C30H36N2O2. The highest BCUT2D eigenvalue weighted by Crippen LogP contribution is 2.42. The summed E-state index contributed by atoms with van der Waals surface area (Å²) in [4.78, 5) is 18.7. The molecule has 4 nitrogen and oxygen atoms in total. The quantitative estimate of drug-likeness (QED) is 0.457. The van der Waals surface area contributed by atoms with Gasteiger partial charge in [0.1, 0.15) is 5.60 Å². The van der Waals surface area contributed by atoms with E-state index in [0.717, 1.165) is 22.4 Å². The van der Waals surface area contributed by atoms with Gasteiger partial charge in [-0.2, -0.15) is 5.26 Å². The van der Waals surface area contributed by atoms with Crippen molar-refractivity contribution in [1.29, 1.82) is 5.26 Å². The summed E-state index contributed by atoms with van der Waals surface area (Å²) in [6.45, 7) is 14.1. The number of nitrogens with zero attached hydrogens (tertiary/aromatic N) is 2. The Morgan fingerprint density at radius 2 is 1.62 bits per heavy atom. The number of aliphatic imine (C=N–C) groups is 1. The van der Waals surface area contributed by atoms with Crippen LogP contribution in [0.25, 0.3) is 0 Å². The summed E-state index contributed by atoms with van der Waals surface area (Å²) in [7, 11) is 0. The summed E-state index contributed by atoms with van der Waals surface area (Å²) in [5, 5.41) is 10.3. The molecule has 0 saturated heterocycles. The third-order valence-corrected chi connectivity index (χ3v) is 5.71. The maximum Gasteiger partial charge on any atom is 0.337 e. The number of esters is 1. The average molecular weight is 457 g/mol. The van der Waals surface area contributed by atoms with Gasteiger partial charge in [0.15, 0.2) is 0 Å². The van der Waals surface area contributed by atoms with Crippen LogP contribution in [-0.4, -0.2) is 17.3 Å². The lowest BCUT2D eigenvalue weighted by molar-refractivity contribution is -0.150. The second-order valence-corrected chi connectivity index (χ2v) is 11.4. The zero-order valence-electron chi connectivity index (χ0n) is 21.5. The van der Waals surface area contributed by atoms with Crippen LogP contribution in [0.1, 0.15) is 70.6 Å². The van der Waals surface area contributed by atoms with E-state index in [4.69, 9.17) is 9.73 Å². The highest BCUT2D eigenvalue weighted by atomic mass is 16.6. The molecule has 0 spiro atoms. The molecule has 2 aromatic rings. The zero-order chi connectivity index (χ0) is 25.1. The SMILES string of the molecule is Cc1ccc(C2C(C(=O)OC(C)(C)C)=C(Cc3ccccc3)N=C(CC(C)(C)C)C2C#N)cc1. The lowest BCUT2D eigenvalue weighted by Gasteiger charge is -2.34. The summed E-state index contributed by atoms with van der Waals surface area (Å²) in [6.07, 6.45) is 1.18. The molecule has 178 valence electrons. The third kappa shape index (κ3) is 6.44. The van der Waals surface area contributed by atoms with E-state index in [9.17, 15) is 10.1 Å². The van der Waals surface area contributed by atoms with Crippen LogP contribution >= 0.6 is 0 Å². The number of carbonyl (C=O) groups is 1. The second kappa shape index (κ2) is 9.97. The molecule has 2 aromatic carbocycles. The van der Waals surface area contributed by atoms with Crippen molar-refractivity contribution in [2.45, 2.75) is 72.8 Å². The van der Waals surface area contributed by atoms with Crippen molar-refractivity contribution in [3.8, 4) is 6.07 Å². The van der Waals surface area contributed by atoms with Gasteiger partial charge in [0.25, 0.3) is 0 Å². The lowest BCUT2D eigenvalue weighted by atomic mass is 9.72. The normalized spacial score (nSPS) is 18.8. The number of carbonyl (C=O) groups excluding carboxylic acids is 1. The summed E-state index contributed by atoms with van der Waals surface area (Å²) in [5.41, 5.74) is 4.44. The minimum absolute atomic E-state index is 0.0486. The van der Waals surface area contributed by atoms with Crippen LogP contribution in [0.4, 0.5) is 0 Å². The van der Waals surface area contributed by atoms with E-state index >= 15 is 0 Å². The van der Waals surface area contributed by atoms with E-state index < -0.39 is 23.4 Å². The molecular weight excluding hydrogens is 420 g/mol. The van der Waals surface area contributed by atoms with Gasteiger partial charge in [0, 0.05) is 18.1 Å². The van der Waals surface area contributed by atoms with Crippen LogP contribution in [0.5, 0.6) is 0 Å². The van der Waals surface area contributed by atoms with E-state index in [2.05, 4.69) is 26.8 Å². The lowest BCUT2D eigenvalue weighted by Crippen LogP contribution is -2.35. The highest BCUT2D eigenvalue weighted by molar-refractivity contribution is 6.00. The standard InChI is InChI=1S/C30H36N2O2/c1-20-13-15-22(16-14-20)26-23(19-31)25(18-29(2,3)4)32-24(17-21-11-9-8-10-12-21)27(26)28(33)34-30(5,6)7/h8-16,23,26H,17-18H2,1-7H3. The Bertz CT molecular complexity index is 1120. The Kier molecular flexibility index (Phi) is 7.46. The predicted molar refractivity (Wildman–Crippen MR) is 138 cm³/mol.